The van der Waals surface area contributed by atoms with Crippen LogP contribution in [0.1, 0.15) is 59.8 Å². The van der Waals surface area contributed by atoms with E-state index in [1.54, 1.807) is 0 Å². The normalized spacial score (nSPS) is 31.1. The maximum atomic E-state index is 3.83. The average molecular weight is 224 g/mol. The summed E-state index contributed by atoms with van der Waals surface area (Å²) in [5, 5.41) is 3.83. The Hall–Kier alpha value is -0.0800. The molecule has 2 nitrogen and oxygen atoms in total. The molecular formula is C14H28N2. The quantitative estimate of drug-likeness (QED) is 0.776. The van der Waals surface area contributed by atoms with Crippen molar-refractivity contribution in [3.05, 3.63) is 0 Å². The Balaban J connectivity index is 2.11. The zero-order chi connectivity index (χ0) is 11.8. The lowest BCUT2D eigenvalue weighted by Crippen LogP contribution is -2.66. The van der Waals surface area contributed by atoms with E-state index in [-0.39, 0.29) is 0 Å². The summed E-state index contributed by atoms with van der Waals surface area (Å²) in [6.07, 6.45) is 6.85. The molecule has 1 heterocycles. The minimum absolute atomic E-state index is 0.358. The van der Waals surface area contributed by atoms with E-state index in [0.717, 1.165) is 0 Å². The Morgan fingerprint density at radius 2 is 1.94 bits per heavy atom. The number of hydrogen-bond donors (Lipinski definition) is 1. The van der Waals surface area contributed by atoms with Crippen LogP contribution in [-0.2, 0) is 0 Å². The van der Waals surface area contributed by atoms with Crippen LogP contribution in [0.15, 0.2) is 0 Å². The summed E-state index contributed by atoms with van der Waals surface area (Å²) < 4.78 is 0. The molecule has 0 radical (unpaired) electrons. The molecule has 1 atom stereocenters. The third kappa shape index (κ3) is 2.14. The van der Waals surface area contributed by atoms with Crippen molar-refractivity contribution < 1.29 is 0 Å². The van der Waals surface area contributed by atoms with Crippen LogP contribution in [0, 0.1) is 0 Å². The number of nitrogens with zero attached hydrogens (tertiary/aromatic N) is 1. The van der Waals surface area contributed by atoms with Crippen LogP contribution in [0.25, 0.3) is 0 Å². The number of rotatable bonds is 2. The van der Waals surface area contributed by atoms with Crippen LogP contribution in [0.5, 0.6) is 0 Å². The molecule has 1 saturated carbocycles. The summed E-state index contributed by atoms with van der Waals surface area (Å²) in [5.74, 6) is 0. The van der Waals surface area contributed by atoms with Gasteiger partial charge in [-0.2, -0.15) is 0 Å². The van der Waals surface area contributed by atoms with Crippen molar-refractivity contribution in [2.75, 3.05) is 13.1 Å². The summed E-state index contributed by atoms with van der Waals surface area (Å²) in [7, 11) is 0. The van der Waals surface area contributed by atoms with Crippen LogP contribution in [0.4, 0.5) is 0 Å². The lowest BCUT2D eigenvalue weighted by atomic mass is 9.87. The first kappa shape index (κ1) is 12.4. The van der Waals surface area contributed by atoms with Crippen LogP contribution in [0.3, 0.4) is 0 Å². The van der Waals surface area contributed by atoms with Gasteiger partial charge < -0.3 is 5.32 Å². The third-order valence-corrected chi connectivity index (χ3v) is 4.98. The number of nitrogens with one attached hydrogen (secondary N) is 1. The highest BCUT2D eigenvalue weighted by Gasteiger charge is 2.43. The summed E-state index contributed by atoms with van der Waals surface area (Å²) in [5.41, 5.74) is 0.816. The van der Waals surface area contributed by atoms with Gasteiger partial charge in [0.15, 0.2) is 0 Å². The fraction of sp³-hybridized carbons (Fsp3) is 1.00. The lowest BCUT2D eigenvalue weighted by Gasteiger charge is -2.52. The molecule has 0 amide bonds. The second kappa shape index (κ2) is 4.30. The molecule has 94 valence electrons. The monoisotopic (exact) mass is 224 g/mol. The zero-order valence-corrected chi connectivity index (χ0v) is 11.5. The maximum absolute atomic E-state index is 3.83. The fourth-order valence-electron chi connectivity index (χ4n) is 3.41. The van der Waals surface area contributed by atoms with E-state index < -0.39 is 0 Å². The van der Waals surface area contributed by atoms with Gasteiger partial charge in [-0.1, -0.05) is 19.8 Å². The Morgan fingerprint density at radius 1 is 1.31 bits per heavy atom. The van der Waals surface area contributed by atoms with Crippen molar-refractivity contribution in [1.29, 1.82) is 0 Å². The largest absolute Gasteiger partial charge is 0.308 e. The van der Waals surface area contributed by atoms with Crippen molar-refractivity contribution in [1.82, 2.24) is 10.2 Å². The van der Waals surface area contributed by atoms with Crippen LogP contribution in [0.2, 0.25) is 0 Å². The van der Waals surface area contributed by atoms with Gasteiger partial charge in [0, 0.05) is 30.2 Å². The fourth-order valence-corrected chi connectivity index (χ4v) is 3.41. The molecule has 2 rings (SSSR count). The highest BCUT2D eigenvalue weighted by molar-refractivity contribution is 5.03. The molecule has 0 aromatic heterocycles. The number of hydrogen-bond acceptors (Lipinski definition) is 2. The van der Waals surface area contributed by atoms with Crippen molar-refractivity contribution in [3.63, 3.8) is 0 Å². The average Bonchev–Trinajstić information content (AvgIpc) is 2.71. The highest BCUT2D eigenvalue weighted by Crippen LogP contribution is 2.36. The molecule has 1 N–H and O–H groups in total. The van der Waals surface area contributed by atoms with Gasteiger partial charge >= 0.3 is 0 Å². The third-order valence-electron chi connectivity index (χ3n) is 4.98. The smallest absolute Gasteiger partial charge is 0.0309 e. The van der Waals surface area contributed by atoms with E-state index in [9.17, 15) is 0 Å². The lowest BCUT2D eigenvalue weighted by molar-refractivity contribution is 0.00612. The van der Waals surface area contributed by atoms with Gasteiger partial charge in [-0.05, 0) is 40.0 Å². The molecule has 1 spiro atoms. The molecule has 0 aromatic carbocycles. The van der Waals surface area contributed by atoms with E-state index in [2.05, 4.69) is 37.9 Å². The Labute approximate surface area is 101 Å². The summed E-state index contributed by atoms with van der Waals surface area (Å²) in [6, 6.07) is 0.682. The molecule has 16 heavy (non-hydrogen) atoms. The topological polar surface area (TPSA) is 15.3 Å². The highest BCUT2D eigenvalue weighted by atomic mass is 15.3. The van der Waals surface area contributed by atoms with Crippen LogP contribution >= 0.6 is 0 Å². The molecular weight excluding hydrogens is 196 g/mol. The van der Waals surface area contributed by atoms with E-state index in [1.165, 1.54) is 45.2 Å². The van der Waals surface area contributed by atoms with E-state index in [0.29, 0.717) is 17.1 Å². The first-order chi connectivity index (χ1) is 7.49. The zero-order valence-electron chi connectivity index (χ0n) is 11.5. The van der Waals surface area contributed by atoms with Crippen LogP contribution in [-0.4, -0.2) is 35.1 Å². The SMILES string of the molecule is CCC(C)(C)N1CC2(CCCC2)NCC1C. The summed E-state index contributed by atoms with van der Waals surface area (Å²) in [4.78, 5) is 2.74. The minimum Gasteiger partial charge on any atom is -0.308 e. The molecule has 2 aliphatic rings. The van der Waals surface area contributed by atoms with Gasteiger partial charge in [-0.15, -0.1) is 0 Å². The molecule has 1 aliphatic heterocycles. The minimum atomic E-state index is 0.358. The van der Waals surface area contributed by atoms with Crippen molar-refractivity contribution in [2.45, 2.75) is 76.9 Å². The van der Waals surface area contributed by atoms with Gasteiger partial charge in [-0.3, -0.25) is 4.90 Å². The van der Waals surface area contributed by atoms with E-state index in [1.807, 2.05) is 0 Å². The molecule has 0 bridgehead atoms. The van der Waals surface area contributed by atoms with Gasteiger partial charge in [-0.25, -0.2) is 0 Å². The van der Waals surface area contributed by atoms with Crippen LogP contribution < -0.4 is 5.32 Å². The van der Waals surface area contributed by atoms with Gasteiger partial charge in [0.25, 0.3) is 0 Å². The summed E-state index contributed by atoms with van der Waals surface area (Å²) in [6.45, 7) is 11.9. The second-order valence-corrected chi connectivity index (χ2v) is 6.51. The Bertz CT molecular complexity index is 241. The van der Waals surface area contributed by atoms with E-state index in [4.69, 9.17) is 0 Å². The second-order valence-electron chi connectivity index (χ2n) is 6.51. The first-order valence-corrected chi connectivity index (χ1v) is 7.01. The van der Waals surface area contributed by atoms with Crippen molar-refractivity contribution in [3.8, 4) is 0 Å². The maximum Gasteiger partial charge on any atom is 0.0309 e. The Kier molecular flexibility index (Phi) is 3.33. The standard InChI is InChI=1S/C14H28N2/c1-5-13(3,4)16-11-14(8-6-7-9-14)15-10-12(16)2/h12,15H,5-11H2,1-4H3. The summed E-state index contributed by atoms with van der Waals surface area (Å²) >= 11 is 0. The molecule has 2 heteroatoms. The van der Waals surface area contributed by atoms with Crippen molar-refractivity contribution in [2.24, 2.45) is 0 Å². The molecule has 1 saturated heterocycles. The first-order valence-electron chi connectivity index (χ1n) is 7.01. The molecule has 0 aromatic rings. The predicted molar refractivity (Wildman–Crippen MR) is 69.7 cm³/mol. The molecule has 2 fully saturated rings. The van der Waals surface area contributed by atoms with Crippen molar-refractivity contribution >= 4 is 0 Å². The Morgan fingerprint density at radius 3 is 2.50 bits per heavy atom. The van der Waals surface area contributed by atoms with Gasteiger partial charge in [0.1, 0.15) is 0 Å². The van der Waals surface area contributed by atoms with E-state index >= 15 is 0 Å². The molecule has 1 unspecified atom stereocenters. The van der Waals surface area contributed by atoms with Gasteiger partial charge in [0.2, 0.25) is 0 Å². The molecule has 1 aliphatic carbocycles. The number of piperazine rings is 1. The van der Waals surface area contributed by atoms with Gasteiger partial charge in [0.05, 0.1) is 0 Å². The predicted octanol–water partition coefficient (Wildman–Crippen LogP) is 2.78.